The van der Waals surface area contributed by atoms with E-state index in [9.17, 15) is 0 Å². The number of hydrogen-bond acceptors (Lipinski definition) is 3. The maximum Gasteiger partial charge on any atom is 0.246 e. The van der Waals surface area contributed by atoms with E-state index < -0.39 is 0 Å². The van der Waals surface area contributed by atoms with E-state index >= 15 is 0 Å². The van der Waals surface area contributed by atoms with E-state index in [1.54, 1.807) is 12.4 Å². The standard InChI is InChI=1S/C13H10N4/c1-2-4-11-9-12(6-5-10(11)3-1)16-17-13-14-7-8-15-13/h1-9H,(H,14,15). The summed E-state index contributed by atoms with van der Waals surface area (Å²) < 4.78 is 0. The van der Waals surface area contributed by atoms with Gasteiger partial charge in [-0.05, 0) is 22.9 Å². The number of H-pyrrole nitrogens is 1. The van der Waals surface area contributed by atoms with Gasteiger partial charge in [0.1, 0.15) is 0 Å². The fourth-order valence-electron chi connectivity index (χ4n) is 1.66. The Morgan fingerprint density at radius 1 is 0.941 bits per heavy atom. The van der Waals surface area contributed by atoms with Crippen molar-refractivity contribution in [3.63, 3.8) is 0 Å². The molecule has 1 aromatic heterocycles. The Labute approximate surface area is 98.0 Å². The second kappa shape index (κ2) is 4.17. The third-order valence-corrected chi connectivity index (χ3v) is 2.48. The summed E-state index contributed by atoms with van der Waals surface area (Å²) in [6.45, 7) is 0. The van der Waals surface area contributed by atoms with Crippen LogP contribution in [0.3, 0.4) is 0 Å². The highest BCUT2D eigenvalue weighted by atomic mass is 15.2. The van der Waals surface area contributed by atoms with Gasteiger partial charge < -0.3 is 4.98 Å². The average molecular weight is 222 g/mol. The van der Waals surface area contributed by atoms with Crippen LogP contribution in [0.15, 0.2) is 65.1 Å². The van der Waals surface area contributed by atoms with E-state index in [0.717, 1.165) is 11.1 Å². The summed E-state index contributed by atoms with van der Waals surface area (Å²) in [6, 6.07) is 14.1. The Balaban J connectivity index is 1.96. The van der Waals surface area contributed by atoms with Crippen molar-refractivity contribution in [2.24, 2.45) is 10.2 Å². The molecule has 1 N–H and O–H groups in total. The summed E-state index contributed by atoms with van der Waals surface area (Å²) in [7, 11) is 0. The molecule has 17 heavy (non-hydrogen) atoms. The van der Waals surface area contributed by atoms with Crippen molar-refractivity contribution >= 4 is 22.4 Å². The molecular formula is C13H10N4. The smallest absolute Gasteiger partial charge is 0.246 e. The molecule has 0 spiro atoms. The Morgan fingerprint density at radius 3 is 2.65 bits per heavy atom. The second-order valence-electron chi connectivity index (χ2n) is 3.64. The molecule has 0 amide bonds. The quantitative estimate of drug-likeness (QED) is 0.655. The van der Waals surface area contributed by atoms with Crippen LogP contribution >= 0.6 is 0 Å². The molecule has 1 heterocycles. The minimum Gasteiger partial charge on any atom is -0.328 e. The molecule has 0 saturated heterocycles. The molecule has 2 aromatic carbocycles. The number of imidazole rings is 1. The van der Waals surface area contributed by atoms with Crippen LogP contribution in [0.25, 0.3) is 10.8 Å². The van der Waals surface area contributed by atoms with E-state index in [1.165, 1.54) is 5.39 Å². The zero-order chi connectivity index (χ0) is 11.5. The summed E-state index contributed by atoms with van der Waals surface area (Å²) >= 11 is 0. The summed E-state index contributed by atoms with van der Waals surface area (Å²) in [5.41, 5.74) is 0.820. The molecule has 82 valence electrons. The van der Waals surface area contributed by atoms with Crippen LogP contribution < -0.4 is 0 Å². The first-order valence-corrected chi connectivity index (χ1v) is 5.32. The van der Waals surface area contributed by atoms with Crippen molar-refractivity contribution < 1.29 is 0 Å². The van der Waals surface area contributed by atoms with Gasteiger partial charge in [0.05, 0.1) is 5.69 Å². The van der Waals surface area contributed by atoms with Crippen LogP contribution in [0, 0.1) is 0 Å². The van der Waals surface area contributed by atoms with Gasteiger partial charge in [-0.25, -0.2) is 4.98 Å². The first-order chi connectivity index (χ1) is 8.42. The molecule has 4 heteroatoms. The molecule has 0 bridgehead atoms. The molecule has 3 aromatic rings. The SMILES string of the molecule is c1ccc2cc(N=Nc3ncc[nH]3)ccc2c1. The Kier molecular flexibility index (Phi) is 2.38. The van der Waals surface area contributed by atoms with Crippen molar-refractivity contribution in [2.75, 3.05) is 0 Å². The highest BCUT2D eigenvalue weighted by Crippen LogP contribution is 2.22. The highest BCUT2D eigenvalue weighted by Gasteiger charge is 1.95. The minimum atomic E-state index is 0.512. The van der Waals surface area contributed by atoms with Gasteiger partial charge >= 0.3 is 0 Å². The van der Waals surface area contributed by atoms with Gasteiger partial charge in [-0.3, -0.25) is 0 Å². The minimum absolute atomic E-state index is 0.512. The van der Waals surface area contributed by atoms with E-state index in [1.807, 2.05) is 30.3 Å². The average Bonchev–Trinajstić information content (AvgIpc) is 2.89. The zero-order valence-electron chi connectivity index (χ0n) is 9.04. The van der Waals surface area contributed by atoms with Crippen molar-refractivity contribution in [1.82, 2.24) is 9.97 Å². The highest BCUT2D eigenvalue weighted by molar-refractivity contribution is 5.85. The molecule has 0 fully saturated rings. The topological polar surface area (TPSA) is 53.4 Å². The van der Waals surface area contributed by atoms with Crippen LogP contribution in [0.4, 0.5) is 11.6 Å². The number of aromatic nitrogens is 2. The van der Waals surface area contributed by atoms with Gasteiger partial charge in [-0.15, -0.1) is 10.2 Å². The predicted molar refractivity (Wildman–Crippen MR) is 66.7 cm³/mol. The van der Waals surface area contributed by atoms with E-state index in [0.29, 0.717) is 5.95 Å². The molecule has 3 rings (SSSR count). The largest absolute Gasteiger partial charge is 0.328 e. The van der Waals surface area contributed by atoms with Crippen molar-refractivity contribution in [1.29, 1.82) is 0 Å². The molecule has 0 radical (unpaired) electrons. The number of benzene rings is 2. The number of fused-ring (bicyclic) bond motifs is 1. The molecule has 0 atom stereocenters. The van der Waals surface area contributed by atoms with Crippen LogP contribution in [-0.4, -0.2) is 9.97 Å². The lowest BCUT2D eigenvalue weighted by Gasteiger charge is -1.97. The van der Waals surface area contributed by atoms with Gasteiger partial charge in [-0.2, -0.15) is 0 Å². The van der Waals surface area contributed by atoms with Gasteiger partial charge in [-0.1, -0.05) is 30.3 Å². The van der Waals surface area contributed by atoms with Gasteiger partial charge in [0.25, 0.3) is 0 Å². The van der Waals surface area contributed by atoms with Crippen LogP contribution in [0.5, 0.6) is 0 Å². The third kappa shape index (κ3) is 2.06. The summed E-state index contributed by atoms with van der Waals surface area (Å²) in [5.74, 6) is 0.512. The number of rotatable bonds is 2. The van der Waals surface area contributed by atoms with Crippen LogP contribution in [0.1, 0.15) is 0 Å². The fraction of sp³-hybridized carbons (Fsp3) is 0. The lowest BCUT2D eigenvalue weighted by Crippen LogP contribution is -1.71. The molecular weight excluding hydrogens is 212 g/mol. The lowest BCUT2D eigenvalue weighted by molar-refractivity contribution is 1.13. The first kappa shape index (κ1) is 9.72. The van der Waals surface area contributed by atoms with Crippen LogP contribution in [0.2, 0.25) is 0 Å². The molecule has 4 nitrogen and oxygen atoms in total. The summed E-state index contributed by atoms with van der Waals surface area (Å²) in [4.78, 5) is 6.85. The van der Waals surface area contributed by atoms with Crippen molar-refractivity contribution in [3.05, 3.63) is 54.9 Å². The maximum absolute atomic E-state index is 4.13. The Morgan fingerprint density at radius 2 is 1.82 bits per heavy atom. The van der Waals surface area contributed by atoms with Gasteiger partial charge in [0.15, 0.2) is 0 Å². The number of azo groups is 1. The van der Waals surface area contributed by atoms with Crippen molar-refractivity contribution in [3.8, 4) is 0 Å². The summed E-state index contributed by atoms with van der Waals surface area (Å²) in [5, 5.41) is 10.5. The molecule has 0 aliphatic heterocycles. The van der Waals surface area contributed by atoms with Crippen LogP contribution in [-0.2, 0) is 0 Å². The molecule has 0 saturated carbocycles. The summed E-state index contributed by atoms with van der Waals surface area (Å²) in [6.07, 6.45) is 3.36. The predicted octanol–water partition coefficient (Wildman–Crippen LogP) is 3.98. The number of hydrogen-bond donors (Lipinski definition) is 1. The third-order valence-electron chi connectivity index (χ3n) is 2.48. The number of nitrogens with one attached hydrogen (secondary N) is 1. The first-order valence-electron chi connectivity index (χ1n) is 5.32. The Bertz CT molecular complexity index is 656. The van der Waals surface area contributed by atoms with E-state index in [2.05, 4.69) is 32.3 Å². The number of nitrogens with zero attached hydrogens (tertiary/aromatic N) is 3. The second-order valence-corrected chi connectivity index (χ2v) is 3.64. The van der Waals surface area contributed by atoms with E-state index in [-0.39, 0.29) is 0 Å². The molecule has 0 unspecified atom stereocenters. The van der Waals surface area contributed by atoms with Gasteiger partial charge in [0.2, 0.25) is 5.95 Å². The van der Waals surface area contributed by atoms with Crippen molar-refractivity contribution in [2.45, 2.75) is 0 Å². The molecule has 0 aliphatic rings. The normalized spacial score (nSPS) is 11.3. The van der Waals surface area contributed by atoms with E-state index in [4.69, 9.17) is 0 Å². The lowest BCUT2D eigenvalue weighted by atomic mass is 10.1. The maximum atomic E-state index is 4.13. The molecule has 0 aliphatic carbocycles. The monoisotopic (exact) mass is 222 g/mol. The Hall–Kier alpha value is -2.49. The fourth-order valence-corrected chi connectivity index (χ4v) is 1.66. The number of aromatic amines is 1. The zero-order valence-corrected chi connectivity index (χ0v) is 9.04. The van der Waals surface area contributed by atoms with Gasteiger partial charge in [0, 0.05) is 12.4 Å².